The lowest BCUT2D eigenvalue weighted by Crippen LogP contribution is -2.22. The molecule has 0 aliphatic rings. The van der Waals surface area contributed by atoms with E-state index in [4.69, 9.17) is 0 Å². The van der Waals surface area contributed by atoms with Crippen molar-refractivity contribution < 1.29 is 9.59 Å². The Bertz CT molecular complexity index is 922. The molecule has 2 amide bonds. The lowest BCUT2D eigenvalue weighted by atomic mass is 10.1. The van der Waals surface area contributed by atoms with Crippen molar-refractivity contribution in [3.8, 4) is 11.1 Å². The van der Waals surface area contributed by atoms with E-state index in [1.54, 1.807) is 11.3 Å². The molecule has 1 heterocycles. The molecule has 0 saturated carbocycles. The van der Waals surface area contributed by atoms with Crippen LogP contribution in [0.3, 0.4) is 0 Å². The van der Waals surface area contributed by atoms with E-state index in [1.165, 1.54) is 18.7 Å². The smallest absolute Gasteiger partial charge is 0.237 e. The number of benzene rings is 2. The number of anilines is 2. The number of carbonyl (C=O) groups excluding carboxylic acids is 2. The third-order valence-corrected chi connectivity index (χ3v) is 5.64. The molecular weight excluding hydrogens is 376 g/mol. The van der Waals surface area contributed by atoms with Gasteiger partial charge in [0.2, 0.25) is 11.8 Å². The van der Waals surface area contributed by atoms with Gasteiger partial charge in [-0.15, -0.1) is 11.8 Å². The fourth-order valence-electron chi connectivity index (χ4n) is 2.53. The first-order chi connectivity index (χ1) is 13.0. The highest BCUT2D eigenvalue weighted by atomic mass is 32.2. The number of carbonyl (C=O) groups is 2. The summed E-state index contributed by atoms with van der Waals surface area (Å²) in [6.45, 7) is 3.35. The van der Waals surface area contributed by atoms with Crippen LogP contribution in [0.25, 0.3) is 11.1 Å². The van der Waals surface area contributed by atoms with Crippen LogP contribution in [0, 0.1) is 0 Å². The van der Waals surface area contributed by atoms with Crippen LogP contribution in [0.5, 0.6) is 0 Å². The minimum Gasteiger partial charge on any atom is -0.326 e. The molecule has 0 aliphatic heterocycles. The van der Waals surface area contributed by atoms with Crippen LogP contribution in [-0.2, 0) is 9.59 Å². The lowest BCUT2D eigenvalue weighted by Gasteiger charge is -2.13. The first-order valence-corrected chi connectivity index (χ1v) is 10.3. The van der Waals surface area contributed by atoms with Gasteiger partial charge in [-0.05, 0) is 71.3 Å². The second-order valence-electron chi connectivity index (χ2n) is 6.05. The monoisotopic (exact) mass is 396 g/mol. The van der Waals surface area contributed by atoms with E-state index < -0.39 is 0 Å². The molecule has 0 radical (unpaired) electrons. The van der Waals surface area contributed by atoms with Crippen molar-refractivity contribution in [2.45, 2.75) is 24.0 Å². The average molecular weight is 397 g/mol. The Labute approximate surface area is 167 Å². The zero-order chi connectivity index (χ0) is 19.2. The van der Waals surface area contributed by atoms with E-state index in [1.807, 2.05) is 60.8 Å². The Morgan fingerprint density at radius 3 is 2.41 bits per heavy atom. The molecule has 1 unspecified atom stereocenters. The van der Waals surface area contributed by atoms with E-state index in [2.05, 4.69) is 22.1 Å². The Kier molecular flexibility index (Phi) is 6.32. The van der Waals surface area contributed by atoms with Crippen LogP contribution in [0.1, 0.15) is 13.8 Å². The van der Waals surface area contributed by atoms with Crippen LogP contribution < -0.4 is 10.6 Å². The highest BCUT2D eigenvalue weighted by Gasteiger charge is 2.15. The molecule has 0 fully saturated rings. The second kappa shape index (κ2) is 8.88. The molecule has 27 heavy (non-hydrogen) atoms. The molecule has 1 aromatic heterocycles. The first-order valence-electron chi connectivity index (χ1n) is 8.49. The van der Waals surface area contributed by atoms with E-state index in [9.17, 15) is 9.59 Å². The zero-order valence-corrected chi connectivity index (χ0v) is 16.7. The van der Waals surface area contributed by atoms with E-state index in [0.717, 1.165) is 27.4 Å². The summed E-state index contributed by atoms with van der Waals surface area (Å²) in [6.07, 6.45) is 0. The summed E-state index contributed by atoms with van der Waals surface area (Å²) in [6, 6.07) is 17.4. The summed E-state index contributed by atoms with van der Waals surface area (Å²) < 4.78 is 0. The van der Waals surface area contributed by atoms with E-state index >= 15 is 0 Å². The summed E-state index contributed by atoms with van der Waals surface area (Å²) in [5.41, 5.74) is 3.77. The van der Waals surface area contributed by atoms with Crippen molar-refractivity contribution in [2.24, 2.45) is 0 Å². The molecule has 0 spiro atoms. The summed E-state index contributed by atoms with van der Waals surface area (Å²) in [5.74, 6) is -0.152. The van der Waals surface area contributed by atoms with Crippen molar-refractivity contribution in [2.75, 3.05) is 10.6 Å². The van der Waals surface area contributed by atoms with Gasteiger partial charge in [-0.1, -0.05) is 12.1 Å². The molecule has 6 heteroatoms. The fraction of sp³-hybridized carbons (Fsp3) is 0.143. The number of thiophene rings is 1. The minimum absolute atomic E-state index is 0.0478. The molecule has 3 rings (SSSR count). The molecule has 2 aromatic carbocycles. The first kappa shape index (κ1) is 19.2. The number of nitrogens with one attached hydrogen (secondary N) is 2. The Hall–Kier alpha value is -2.57. The van der Waals surface area contributed by atoms with Gasteiger partial charge in [0.1, 0.15) is 0 Å². The lowest BCUT2D eigenvalue weighted by molar-refractivity contribution is -0.115. The quantitative estimate of drug-likeness (QED) is 0.542. The largest absolute Gasteiger partial charge is 0.326 e. The normalized spacial score (nSPS) is 11.6. The number of hydrogen-bond acceptors (Lipinski definition) is 4. The van der Waals surface area contributed by atoms with Crippen LogP contribution in [0.4, 0.5) is 11.4 Å². The van der Waals surface area contributed by atoms with Crippen LogP contribution in [-0.4, -0.2) is 17.1 Å². The van der Waals surface area contributed by atoms with Gasteiger partial charge in [-0.3, -0.25) is 9.59 Å². The van der Waals surface area contributed by atoms with Crippen molar-refractivity contribution in [1.29, 1.82) is 0 Å². The highest BCUT2D eigenvalue weighted by molar-refractivity contribution is 8.00. The number of rotatable bonds is 6. The molecule has 0 bridgehead atoms. The molecule has 0 aliphatic carbocycles. The molecule has 3 aromatic rings. The van der Waals surface area contributed by atoms with Gasteiger partial charge in [-0.2, -0.15) is 11.3 Å². The van der Waals surface area contributed by atoms with Gasteiger partial charge in [0.05, 0.1) is 5.25 Å². The van der Waals surface area contributed by atoms with Crippen molar-refractivity contribution >= 4 is 46.3 Å². The van der Waals surface area contributed by atoms with Gasteiger partial charge in [0.25, 0.3) is 0 Å². The third-order valence-electron chi connectivity index (χ3n) is 3.84. The number of amides is 2. The van der Waals surface area contributed by atoms with Gasteiger partial charge in [0.15, 0.2) is 0 Å². The predicted octanol–water partition coefficient (Wildman–Crippen LogP) is 5.49. The molecule has 0 saturated heterocycles. The van der Waals surface area contributed by atoms with Gasteiger partial charge in [-0.25, -0.2) is 0 Å². The SMILES string of the molecule is CC(=O)Nc1ccc(SC(C)C(=O)Nc2cccc(-c3ccsc3)c2)cc1. The fourth-order valence-corrected chi connectivity index (χ4v) is 4.06. The Morgan fingerprint density at radius 2 is 1.74 bits per heavy atom. The Balaban J connectivity index is 1.61. The van der Waals surface area contributed by atoms with Gasteiger partial charge >= 0.3 is 0 Å². The zero-order valence-electron chi connectivity index (χ0n) is 15.1. The summed E-state index contributed by atoms with van der Waals surface area (Å²) >= 11 is 3.13. The summed E-state index contributed by atoms with van der Waals surface area (Å²) in [4.78, 5) is 24.6. The molecule has 2 N–H and O–H groups in total. The van der Waals surface area contributed by atoms with Gasteiger partial charge < -0.3 is 10.6 Å². The topological polar surface area (TPSA) is 58.2 Å². The minimum atomic E-state index is -0.249. The third kappa shape index (κ3) is 5.45. The van der Waals surface area contributed by atoms with Crippen LogP contribution in [0.15, 0.2) is 70.3 Å². The van der Waals surface area contributed by atoms with Crippen LogP contribution >= 0.6 is 23.1 Å². The summed E-state index contributed by atoms with van der Waals surface area (Å²) in [5, 5.41) is 9.60. The summed E-state index contributed by atoms with van der Waals surface area (Å²) in [7, 11) is 0. The van der Waals surface area contributed by atoms with Crippen LogP contribution in [0.2, 0.25) is 0 Å². The van der Waals surface area contributed by atoms with Gasteiger partial charge in [0, 0.05) is 23.2 Å². The average Bonchev–Trinajstić information content (AvgIpc) is 3.18. The molecular formula is C21H20N2O2S2. The van der Waals surface area contributed by atoms with Crippen molar-refractivity contribution in [3.05, 3.63) is 65.4 Å². The van der Waals surface area contributed by atoms with E-state index in [-0.39, 0.29) is 17.1 Å². The second-order valence-corrected chi connectivity index (χ2v) is 8.24. The highest BCUT2D eigenvalue weighted by Crippen LogP contribution is 2.27. The number of hydrogen-bond donors (Lipinski definition) is 2. The Morgan fingerprint density at radius 1 is 0.963 bits per heavy atom. The molecule has 4 nitrogen and oxygen atoms in total. The van der Waals surface area contributed by atoms with Crippen molar-refractivity contribution in [3.63, 3.8) is 0 Å². The predicted molar refractivity (Wildman–Crippen MR) is 114 cm³/mol. The maximum Gasteiger partial charge on any atom is 0.237 e. The van der Waals surface area contributed by atoms with Crippen molar-refractivity contribution in [1.82, 2.24) is 0 Å². The molecule has 138 valence electrons. The maximum absolute atomic E-state index is 12.5. The standard InChI is InChI=1S/C21H20N2O2S2/c1-14(27-20-8-6-18(7-9-20)22-15(2)24)21(25)23-19-5-3-4-16(12-19)17-10-11-26-13-17/h3-14H,1-2H3,(H,22,24)(H,23,25). The van der Waals surface area contributed by atoms with E-state index in [0.29, 0.717) is 0 Å². The molecule has 1 atom stereocenters. The maximum atomic E-state index is 12.5. The number of thioether (sulfide) groups is 1.